The van der Waals surface area contributed by atoms with Crippen LogP contribution in [0.1, 0.15) is 56.3 Å². The number of anilines is 1. The van der Waals surface area contributed by atoms with Crippen molar-refractivity contribution in [1.29, 1.82) is 0 Å². The number of nitrogens with one attached hydrogen (secondary N) is 2. The molecule has 174 valence electrons. The van der Waals surface area contributed by atoms with Crippen LogP contribution in [0.3, 0.4) is 0 Å². The van der Waals surface area contributed by atoms with Crippen LogP contribution in [0.15, 0.2) is 41.4 Å². The second kappa shape index (κ2) is 10.8. The Hall–Kier alpha value is -2.65. The summed E-state index contributed by atoms with van der Waals surface area (Å²) < 4.78 is 39.1. The first-order chi connectivity index (χ1) is 15.3. The number of amides is 1. The van der Waals surface area contributed by atoms with Crippen molar-refractivity contribution in [1.82, 2.24) is 9.71 Å². The smallest absolute Gasteiger partial charge is 0.256 e. The second-order valence-corrected chi connectivity index (χ2v) is 9.94. The van der Waals surface area contributed by atoms with Gasteiger partial charge in [0.05, 0.1) is 13.7 Å². The lowest BCUT2D eigenvalue weighted by Gasteiger charge is -2.22. The van der Waals surface area contributed by atoms with E-state index in [-0.39, 0.29) is 22.3 Å². The number of ether oxygens (including phenoxy) is 2. The van der Waals surface area contributed by atoms with Gasteiger partial charge in [0.2, 0.25) is 10.0 Å². The fourth-order valence-corrected chi connectivity index (χ4v) is 5.19. The van der Waals surface area contributed by atoms with E-state index in [1.807, 2.05) is 0 Å². The molecule has 1 heterocycles. The van der Waals surface area contributed by atoms with E-state index >= 15 is 0 Å². The molecule has 1 aliphatic rings. The topological polar surface area (TPSA) is 107 Å². The van der Waals surface area contributed by atoms with E-state index in [9.17, 15) is 13.2 Å². The van der Waals surface area contributed by atoms with Crippen LogP contribution in [0.4, 0.5) is 5.82 Å². The van der Waals surface area contributed by atoms with Crippen molar-refractivity contribution < 1.29 is 22.7 Å². The molecule has 0 unspecified atom stereocenters. The largest absolute Gasteiger partial charge is 0.495 e. The Morgan fingerprint density at radius 1 is 1.16 bits per heavy atom. The highest BCUT2D eigenvalue weighted by Crippen LogP contribution is 2.28. The third kappa shape index (κ3) is 6.20. The average molecular weight is 462 g/mol. The van der Waals surface area contributed by atoms with Crippen molar-refractivity contribution in [3.63, 3.8) is 0 Å². The Morgan fingerprint density at radius 2 is 1.91 bits per heavy atom. The zero-order valence-corrected chi connectivity index (χ0v) is 19.6. The summed E-state index contributed by atoms with van der Waals surface area (Å²) in [4.78, 5) is 17.0. The van der Waals surface area contributed by atoms with Gasteiger partial charge in [-0.05, 0) is 62.9 Å². The van der Waals surface area contributed by atoms with Crippen LogP contribution in [0.5, 0.6) is 11.5 Å². The molecule has 0 atom stereocenters. The number of benzene rings is 1. The molecule has 1 saturated carbocycles. The van der Waals surface area contributed by atoms with Crippen LogP contribution < -0.4 is 19.5 Å². The minimum absolute atomic E-state index is 0.101. The minimum Gasteiger partial charge on any atom is -0.495 e. The van der Waals surface area contributed by atoms with Gasteiger partial charge in [-0.2, -0.15) is 0 Å². The van der Waals surface area contributed by atoms with E-state index in [4.69, 9.17) is 9.47 Å². The van der Waals surface area contributed by atoms with Gasteiger partial charge in [0.1, 0.15) is 10.6 Å². The summed E-state index contributed by atoms with van der Waals surface area (Å²) in [7, 11) is -2.47. The van der Waals surface area contributed by atoms with Crippen molar-refractivity contribution >= 4 is 21.7 Å². The first-order valence-corrected chi connectivity index (χ1v) is 12.4. The standard InChI is InChI=1S/C23H31N3O5S/c1-16(2)26-32(28,29)21-14-18(11-12-19(21)30-3)23(27)25-22-20(10-7-13-24-22)31-15-17-8-5-4-6-9-17/h7,10-14,16-17,26H,4-6,8-9,15H2,1-3H3,(H,24,25,27). The molecule has 3 rings (SSSR count). The summed E-state index contributed by atoms with van der Waals surface area (Å²) in [5, 5.41) is 2.74. The van der Waals surface area contributed by atoms with Gasteiger partial charge in [0.25, 0.3) is 5.91 Å². The zero-order chi connectivity index (χ0) is 23.1. The van der Waals surface area contributed by atoms with Gasteiger partial charge < -0.3 is 14.8 Å². The molecule has 1 amide bonds. The third-order valence-electron chi connectivity index (χ3n) is 5.31. The average Bonchev–Trinajstić information content (AvgIpc) is 2.78. The Morgan fingerprint density at radius 3 is 2.59 bits per heavy atom. The lowest BCUT2D eigenvalue weighted by Crippen LogP contribution is -2.30. The lowest BCUT2D eigenvalue weighted by molar-refractivity contribution is 0.102. The Kier molecular flexibility index (Phi) is 8.09. The maximum absolute atomic E-state index is 12.9. The highest BCUT2D eigenvalue weighted by Gasteiger charge is 2.23. The van der Waals surface area contributed by atoms with Crippen molar-refractivity contribution in [2.75, 3.05) is 19.0 Å². The Labute approximate surface area is 189 Å². The number of pyridine rings is 1. The molecular weight excluding hydrogens is 430 g/mol. The van der Waals surface area contributed by atoms with Crippen molar-refractivity contribution in [3.8, 4) is 11.5 Å². The molecule has 0 bridgehead atoms. The number of carbonyl (C=O) groups excluding carboxylic acids is 1. The molecular formula is C23H31N3O5S. The minimum atomic E-state index is -3.86. The van der Waals surface area contributed by atoms with Gasteiger partial charge in [0, 0.05) is 17.8 Å². The maximum atomic E-state index is 12.9. The molecule has 2 aromatic rings. The van der Waals surface area contributed by atoms with Gasteiger partial charge in [-0.1, -0.05) is 19.3 Å². The van der Waals surface area contributed by atoms with Crippen LogP contribution in [-0.2, 0) is 10.0 Å². The fraction of sp³-hybridized carbons (Fsp3) is 0.478. The molecule has 0 saturated heterocycles. The predicted molar refractivity (Wildman–Crippen MR) is 123 cm³/mol. The summed E-state index contributed by atoms with van der Waals surface area (Å²) in [5.41, 5.74) is 0.166. The molecule has 32 heavy (non-hydrogen) atoms. The van der Waals surface area contributed by atoms with E-state index in [1.165, 1.54) is 44.6 Å². The molecule has 2 N–H and O–H groups in total. The maximum Gasteiger partial charge on any atom is 0.256 e. The summed E-state index contributed by atoms with van der Waals surface area (Å²) in [6.07, 6.45) is 7.58. The first-order valence-electron chi connectivity index (χ1n) is 10.9. The van der Waals surface area contributed by atoms with Gasteiger partial charge in [-0.15, -0.1) is 0 Å². The van der Waals surface area contributed by atoms with E-state index in [0.29, 0.717) is 24.1 Å². The SMILES string of the molecule is COc1ccc(C(=O)Nc2ncccc2OCC2CCCCC2)cc1S(=O)(=O)NC(C)C. The van der Waals surface area contributed by atoms with E-state index < -0.39 is 15.9 Å². The molecule has 1 aromatic heterocycles. The van der Waals surface area contributed by atoms with Gasteiger partial charge in [-0.25, -0.2) is 18.1 Å². The number of hydrogen-bond acceptors (Lipinski definition) is 6. The second-order valence-electron chi connectivity index (χ2n) is 8.26. The van der Waals surface area contributed by atoms with Gasteiger partial charge >= 0.3 is 0 Å². The monoisotopic (exact) mass is 461 g/mol. The number of methoxy groups -OCH3 is 1. The Balaban J connectivity index is 1.78. The first kappa shape index (κ1) is 24.0. The molecule has 0 aliphatic heterocycles. The highest BCUT2D eigenvalue weighted by atomic mass is 32.2. The summed E-state index contributed by atoms with van der Waals surface area (Å²) in [6, 6.07) is 7.48. The normalized spacial score (nSPS) is 14.9. The Bertz CT molecular complexity index is 1030. The molecule has 1 aliphatic carbocycles. The van der Waals surface area contributed by atoms with Crippen LogP contribution >= 0.6 is 0 Å². The van der Waals surface area contributed by atoms with Crippen LogP contribution in [0, 0.1) is 5.92 Å². The lowest BCUT2D eigenvalue weighted by atomic mass is 9.90. The van der Waals surface area contributed by atoms with E-state index in [2.05, 4.69) is 15.0 Å². The number of aromatic nitrogens is 1. The molecule has 0 spiro atoms. The van der Waals surface area contributed by atoms with Crippen molar-refractivity contribution in [2.24, 2.45) is 5.92 Å². The summed E-state index contributed by atoms with van der Waals surface area (Å²) in [5.74, 6) is 0.970. The number of hydrogen-bond donors (Lipinski definition) is 2. The molecule has 1 aromatic carbocycles. The molecule has 1 fully saturated rings. The number of nitrogens with zero attached hydrogens (tertiary/aromatic N) is 1. The molecule has 9 heteroatoms. The highest BCUT2D eigenvalue weighted by molar-refractivity contribution is 7.89. The quantitative estimate of drug-likeness (QED) is 0.585. The van der Waals surface area contributed by atoms with Gasteiger partial charge in [0.15, 0.2) is 11.6 Å². The van der Waals surface area contributed by atoms with Crippen LogP contribution in [-0.4, -0.2) is 39.1 Å². The van der Waals surface area contributed by atoms with E-state index in [0.717, 1.165) is 12.8 Å². The van der Waals surface area contributed by atoms with E-state index in [1.54, 1.807) is 32.2 Å². The zero-order valence-electron chi connectivity index (χ0n) is 18.8. The van der Waals surface area contributed by atoms with Crippen molar-refractivity contribution in [3.05, 3.63) is 42.1 Å². The van der Waals surface area contributed by atoms with Crippen molar-refractivity contribution in [2.45, 2.75) is 56.9 Å². The number of sulfonamides is 1. The number of rotatable bonds is 9. The third-order valence-corrected chi connectivity index (χ3v) is 6.99. The molecule has 0 radical (unpaired) electrons. The predicted octanol–water partition coefficient (Wildman–Crippen LogP) is 3.99. The summed E-state index contributed by atoms with van der Waals surface area (Å²) in [6.45, 7) is 4.02. The van der Waals surface area contributed by atoms with Crippen LogP contribution in [0.2, 0.25) is 0 Å². The van der Waals surface area contributed by atoms with Crippen LogP contribution in [0.25, 0.3) is 0 Å². The summed E-state index contributed by atoms with van der Waals surface area (Å²) >= 11 is 0. The molecule has 8 nitrogen and oxygen atoms in total. The fourth-order valence-electron chi connectivity index (χ4n) is 3.74. The van der Waals surface area contributed by atoms with Gasteiger partial charge in [-0.3, -0.25) is 4.79 Å². The number of carbonyl (C=O) groups is 1.